The Balaban J connectivity index is 0. The second-order valence-corrected chi connectivity index (χ2v) is 5.19. The summed E-state index contributed by atoms with van der Waals surface area (Å²) in [4.78, 5) is 10.1. The van der Waals surface area contributed by atoms with E-state index in [0.717, 1.165) is 5.75 Å². The zero-order valence-electron chi connectivity index (χ0n) is 11.7. The van der Waals surface area contributed by atoms with Crippen LogP contribution in [0, 0.1) is 0 Å². The first-order valence-corrected chi connectivity index (χ1v) is 7.53. The third kappa shape index (κ3) is 10.8. The molecule has 21 heavy (non-hydrogen) atoms. The van der Waals surface area contributed by atoms with E-state index in [4.69, 9.17) is 41.5 Å². The monoisotopic (exact) mass is 331 g/mol. The van der Waals surface area contributed by atoms with Gasteiger partial charge in [0, 0.05) is 0 Å². The number of hydrogen-bond donors (Lipinski definition) is 8. The van der Waals surface area contributed by atoms with Gasteiger partial charge in [0.1, 0.15) is 30.5 Å². The average Bonchev–Trinajstić information content (AvgIpc) is 2.49. The van der Waals surface area contributed by atoms with Crippen molar-refractivity contribution in [2.24, 2.45) is 5.73 Å². The molecule has 10 heteroatoms. The lowest BCUT2D eigenvalue weighted by atomic mass is 10.0. The highest BCUT2D eigenvalue weighted by Gasteiger charge is 2.29. The number of carboxylic acids is 1. The Kier molecular flexibility index (Phi) is 14.4. The van der Waals surface area contributed by atoms with Gasteiger partial charge >= 0.3 is 5.97 Å². The van der Waals surface area contributed by atoms with Crippen molar-refractivity contribution in [3.05, 3.63) is 0 Å². The van der Waals surface area contributed by atoms with Crippen LogP contribution in [0.25, 0.3) is 0 Å². The van der Waals surface area contributed by atoms with Crippen LogP contribution in [0.3, 0.4) is 0 Å². The van der Waals surface area contributed by atoms with E-state index in [1.165, 1.54) is 0 Å². The van der Waals surface area contributed by atoms with E-state index >= 15 is 0 Å². The number of aliphatic hydroxyl groups excluding tert-OH is 6. The van der Waals surface area contributed by atoms with Crippen LogP contribution in [-0.4, -0.2) is 97.4 Å². The standard InChI is InChI=1S/C6H14O6.C5H11NO2S/c7-1-3(9)5(11)6(12)4(10)2-8;1-9-3-2-4(6)5(7)8/h3-12H,1-2H2;4H,2-3,6H2,1H3,(H,7,8). The van der Waals surface area contributed by atoms with Gasteiger partial charge in [0.2, 0.25) is 0 Å². The third-order valence-electron chi connectivity index (χ3n) is 2.46. The Labute approximate surface area is 127 Å². The summed E-state index contributed by atoms with van der Waals surface area (Å²) >= 11 is 1.60. The predicted octanol–water partition coefficient (Wildman–Crippen LogP) is -3.43. The van der Waals surface area contributed by atoms with Crippen LogP contribution < -0.4 is 5.73 Å². The summed E-state index contributed by atoms with van der Waals surface area (Å²) in [6.07, 6.45) is -3.91. The van der Waals surface area contributed by atoms with Crippen LogP contribution in [0.15, 0.2) is 0 Å². The number of rotatable bonds is 9. The molecule has 128 valence electrons. The molecule has 0 spiro atoms. The highest BCUT2D eigenvalue weighted by atomic mass is 32.2. The normalized spacial score (nSPS) is 17.9. The summed E-state index contributed by atoms with van der Waals surface area (Å²) in [5, 5.41) is 60.5. The molecule has 0 bridgehead atoms. The number of aliphatic hydroxyl groups is 6. The van der Waals surface area contributed by atoms with Crippen LogP contribution in [0.4, 0.5) is 0 Å². The van der Waals surface area contributed by atoms with Crippen molar-refractivity contribution in [3.63, 3.8) is 0 Å². The number of nitrogens with two attached hydrogens (primary N) is 1. The van der Waals surface area contributed by atoms with Crippen LogP contribution in [0.5, 0.6) is 0 Å². The molecule has 0 fully saturated rings. The first-order chi connectivity index (χ1) is 9.72. The Morgan fingerprint density at radius 2 is 1.43 bits per heavy atom. The van der Waals surface area contributed by atoms with Gasteiger partial charge in [-0.3, -0.25) is 4.79 Å². The summed E-state index contributed by atoms with van der Waals surface area (Å²) < 4.78 is 0. The quantitative estimate of drug-likeness (QED) is 0.211. The number of carboxylic acid groups (broad SMARTS) is 1. The zero-order valence-corrected chi connectivity index (χ0v) is 12.6. The molecule has 0 aliphatic carbocycles. The van der Waals surface area contributed by atoms with Crippen molar-refractivity contribution in [3.8, 4) is 0 Å². The summed E-state index contributed by atoms with van der Waals surface area (Å²) in [6.45, 7) is -1.45. The van der Waals surface area contributed by atoms with Gasteiger partial charge in [0.05, 0.1) is 13.2 Å². The molecule has 0 radical (unpaired) electrons. The van der Waals surface area contributed by atoms with Crippen LogP contribution >= 0.6 is 11.8 Å². The molecule has 0 heterocycles. The van der Waals surface area contributed by atoms with Crippen molar-refractivity contribution >= 4 is 17.7 Å². The maximum atomic E-state index is 10.1. The number of carbonyl (C=O) groups is 1. The number of hydrogen-bond acceptors (Lipinski definition) is 9. The minimum absolute atomic E-state index is 0.552. The Hall–Kier alpha value is -0.460. The topological polar surface area (TPSA) is 185 Å². The van der Waals surface area contributed by atoms with E-state index in [1.807, 2.05) is 6.26 Å². The fourth-order valence-corrected chi connectivity index (χ4v) is 1.53. The van der Waals surface area contributed by atoms with Crippen molar-refractivity contribution in [2.45, 2.75) is 36.9 Å². The van der Waals surface area contributed by atoms with E-state index in [-0.39, 0.29) is 0 Å². The second kappa shape index (κ2) is 13.2. The molecule has 0 aromatic carbocycles. The van der Waals surface area contributed by atoms with Crippen LogP contribution in [-0.2, 0) is 4.79 Å². The highest BCUT2D eigenvalue weighted by molar-refractivity contribution is 7.98. The summed E-state index contributed by atoms with van der Waals surface area (Å²) in [5.41, 5.74) is 5.19. The maximum absolute atomic E-state index is 10.1. The van der Waals surface area contributed by atoms with Gasteiger partial charge in [0.25, 0.3) is 0 Å². The summed E-state index contributed by atoms with van der Waals surface area (Å²) in [5.74, 6) is -0.1000. The first kappa shape index (κ1) is 22.8. The molecule has 0 aliphatic rings. The molecule has 0 amide bonds. The van der Waals surface area contributed by atoms with Crippen molar-refractivity contribution in [1.82, 2.24) is 0 Å². The Bertz CT molecular complexity index is 257. The van der Waals surface area contributed by atoms with E-state index < -0.39 is 49.6 Å². The molecule has 5 unspecified atom stereocenters. The molecular weight excluding hydrogens is 306 g/mol. The highest BCUT2D eigenvalue weighted by Crippen LogP contribution is 2.04. The van der Waals surface area contributed by atoms with Gasteiger partial charge in [-0.25, -0.2) is 0 Å². The van der Waals surface area contributed by atoms with Crippen LogP contribution in [0.1, 0.15) is 6.42 Å². The Morgan fingerprint density at radius 1 is 1.05 bits per heavy atom. The lowest BCUT2D eigenvalue weighted by molar-refractivity contribution is -0.138. The SMILES string of the molecule is CSCCC(N)C(=O)O.OCC(O)C(O)C(O)C(O)CO. The van der Waals surface area contributed by atoms with E-state index in [1.54, 1.807) is 11.8 Å². The van der Waals surface area contributed by atoms with Crippen molar-refractivity contribution in [2.75, 3.05) is 25.2 Å². The Morgan fingerprint density at radius 3 is 1.67 bits per heavy atom. The van der Waals surface area contributed by atoms with Gasteiger partial charge in [0.15, 0.2) is 0 Å². The minimum Gasteiger partial charge on any atom is -0.480 e. The van der Waals surface area contributed by atoms with E-state index in [0.29, 0.717) is 6.42 Å². The molecule has 0 aliphatic heterocycles. The fourth-order valence-electron chi connectivity index (χ4n) is 1.04. The average molecular weight is 331 g/mol. The lowest BCUT2D eigenvalue weighted by Crippen LogP contribution is -2.46. The molecule has 0 aromatic heterocycles. The van der Waals surface area contributed by atoms with Gasteiger partial charge in [-0.1, -0.05) is 0 Å². The molecule has 0 saturated carbocycles. The predicted molar refractivity (Wildman–Crippen MR) is 76.8 cm³/mol. The lowest BCUT2D eigenvalue weighted by Gasteiger charge is -2.24. The third-order valence-corrected chi connectivity index (χ3v) is 3.11. The summed E-state index contributed by atoms with van der Waals surface area (Å²) in [6, 6.07) is -0.683. The van der Waals surface area contributed by atoms with E-state index in [9.17, 15) is 4.79 Å². The number of aliphatic carboxylic acids is 1. The van der Waals surface area contributed by atoms with Gasteiger partial charge in [-0.15, -0.1) is 0 Å². The minimum atomic E-state index is -1.67. The largest absolute Gasteiger partial charge is 0.480 e. The smallest absolute Gasteiger partial charge is 0.320 e. The van der Waals surface area contributed by atoms with Crippen molar-refractivity contribution < 1.29 is 40.5 Å². The first-order valence-electron chi connectivity index (χ1n) is 6.14. The zero-order chi connectivity index (χ0) is 17.0. The summed E-state index contributed by atoms with van der Waals surface area (Å²) in [7, 11) is 0. The van der Waals surface area contributed by atoms with Crippen molar-refractivity contribution in [1.29, 1.82) is 0 Å². The molecule has 5 atom stereocenters. The molecule has 0 rings (SSSR count). The molecule has 0 aromatic rings. The van der Waals surface area contributed by atoms with Gasteiger partial charge in [-0.05, 0) is 18.4 Å². The molecular formula is C11H25NO8S. The maximum Gasteiger partial charge on any atom is 0.320 e. The van der Waals surface area contributed by atoms with Gasteiger partial charge < -0.3 is 41.5 Å². The second-order valence-electron chi connectivity index (χ2n) is 4.21. The fraction of sp³-hybridized carbons (Fsp3) is 0.909. The number of thioether (sulfide) groups is 1. The molecule has 9 nitrogen and oxygen atoms in total. The van der Waals surface area contributed by atoms with E-state index in [2.05, 4.69) is 0 Å². The van der Waals surface area contributed by atoms with Gasteiger partial charge in [-0.2, -0.15) is 11.8 Å². The molecule has 0 saturated heterocycles. The van der Waals surface area contributed by atoms with Crippen LogP contribution in [0.2, 0.25) is 0 Å². The molecule has 9 N–H and O–H groups in total.